The van der Waals surface area contributed by atoms with Gasteiger partial charge in [0.05, 0.1) is 12.8 Å². The smallest absolute Gasteiger partial charge is 0.329 e. The molecule has 1 atom stereocenters. The molecule has 2 rings (SSSR count). The summed E-state index contributed by atoms with van der Waals surface area (Å²) in [5, 5.41) is 10.9. The van der Waals surface area contributed by atoms with Crippen molar-refractivity contribution in [1.29, 1.82) is 0 Å². The second-order valence-electron chi connectivity index (χ2n) is 4.97. The fourth-order valence-electron chi connectivity index (χ4n) is 2.38. The predicted molar refractivity (Wildman–Crippen MR) is 78.8 cm³/mol. The van der Waals surface area contributed by atoms with Gasteiger partial charge in [-0.3, -0.25) is 10.00 Å². The first-order valence-electron chi connectivity index (χ1n) is 6.72. The van der Waals surface area contributed by atoms with Crippen LogP contribution in [0, 0.1) is 5.92 Å². The summed E-state index contributed by atoms with van der Waals surface area (Å²) in [6, 6.07) is 1.37. The Balaban J connectivity index is 0.00000200. The van der Waals surface area contributed by atoms with Crippen molar-refractivity contribution in [3.05, 3.63) is 18.0 Å². The van der Waals surface area contributed by atoms with Gasteiger partial charge in [0.1, 0.15) is 0 Å². The molecule has 0 aromatic carbocycles. The number of methoxy groups -OCH3 is 1. The minimum Gasteiger partial charge on any atom is -0.468 e. The lowest BCUT2D eigenvalue weighted by molar-refractivity contribution is -0.143. The van der Waals surface area contributed by atoms with Crippen LogP contribution >= 0.6 is 12.4 Å². The summed E-state index contributed by atoms with van der Waals surface area (Å²) in [4.78, 5) is 11.8. The van der Waals surface area contributed by atoms with E-state index in [4.69, 9.17) is 4.74 Å². The second-order valence-corrected chi connectivity index (χ2v) is 4.97. The summed E-state index contributed by atoms with van der Waals surface area (Å²) >= 11 is 0. The Bertz CT molecular complexity index is 418. The number of piperidine rings is 1. The molecular weight excluding hydrogens is 280 g/mol. The van der Waals surface area contributed by atoms with Crippen molar-refractivity contribution < 1.29 is 9.53 Å². The van der Waals surface area contributed by atoms with Crippen molar-refractivity contribution in [2.24, 2.45) is 13.0 Å². The molecule has 1 aliphatic heterocycles. The summed E-state index contributed by atoms with van der Waals surface area (Å²) < 4.78 is 6.54. The van der Waals surface area contributed by atoms with Crippen molar-refractivity contribution in [2.45, 2.75) is 18.9 Å². The standard InChI is InChI=1S/C13H22N4O2.ClH/c1-17-8-5-11(16-17)12(13(18)19-2)15-9-10-3-6-14-7-4-10;/h5,8,10,12,14-15H,3-4,6-7,9H2,1-2H3;1H. The van der Waals surface area contributed by atoms with Gasteiger partial charge in [-0.1, -0.05) is 0 Å². The Morgan fingerprint density at radius 1 is 1.60 bits per heavy atom. The van der Waals surface area contributed by atoms with Gasteiger partial charge in [0.15, 0.2) is 6.04 Å². The number of nitrogens with zero attached hydrogens (tertiary/aromatic N) is 2. The van der Waals surface area contributed by atoms with E-state index < -0.39 is 6.04 Å². The van der Waals surface area contributed by atoms with Crippen molar-refractivity contribution in [2.75, 3.05) is 26.7 Å². The van der Waals surface area contributed by atoms with E-state index in [-0.39, 0.29) is 18.4 Å². The quantitative estimate of drug-likeness (QED) is 0.782. The van der Waals surface area contributed by atoms with Crippen LogP contribution in [0.15, 0.2) is 12.3 Å². The average Bonchev–Trinajstić information content (AvgIpc) is 2.86. The highest BCUT2D eigenvalue weighted by molar-refractivity contribution is 5.85. The molecule has 2 heterocycles. The van der Waals surface area contributed by atoms with Crippen LogP contribution in [0.25, 0.3) is 0 Å². The summed E-state index contributed by atoms with van der Waals surface area (Å²) in [5.74, 6) is 0.324. The van der Waals surface area contributed by atoms with E-state index >= 15 is 0 Å². The summed E-state index contributed by atoms with van der Waals surface area (Å²) in [6.07, 6.45) is 4.11. The van der Waals surface area contributed by atoms with Crippen molar-refractivity contribution in [1.82, 2.24) is 20.4 Å². The Morgan fingerprint density at radius 2 is 2.30 bits per heavy atom. The number of carbonyl (C=O) groups excluding carboxylic acids is 1. The van der Waals surface area contributed by atoms with Gasteiger partial charge in [-0.25, -0.2) is 4.79 Å². The number of ether oxygens (including phenoxy) is 1. The van der Waals surface area contributed by atoms with E-state index in [1.165, 1.54) is 7.11 Å². The molecule has 1 fully saturated rings. The van der Waals surface area contributed by atoms with Crippen LogP contribution in [0.1, 0.15) is 24.6 Å². The highest BCUT2D eigenvalue weighted by Gasteiger charge is 2.24. The lowest BCUT2D eigenvalue weighted by atomic mass is 9.98. The van der Waals surface area contributed by atoms with Gasteiger partial charge in [-0.15, -0.1) is 12.4 Å². The van der Waals surface area contributed by atoms with Crippen LogP contribution in [-0.4, -0.2) is 42.5 Å². The van der Waals surface area contributed by atoms with Gasteiger partial charge >= 0.3 is 5.97 Å². The first kappa shape index (κ1) is 16.9. The van der Waals surface area contributed by atoms with E-state index in [2.05, 4.69) is 15.7 Å². The molecule has 1 aromatic heterocycles. The fraction of sp³-hybridized carbons (Fsp3) is 0.692. The van der Waals surface area contributed by atoms with Crippen molar-refractivity contribution >= 4 is 18.4 Å². The first-order valence-corrected chi connectivity index (χ1v) is 6.72. The van der Waals surface area contributed by atoms with Crippen LogP contribution in [0.5, 0.6) is 0 Å². The molecule has 0 aliphatic carbocycles. The molecule has 0 spiro atoms. The highest BCUT2D eigenvalue weighted by atomic mass is 35.5. The van der Waals surface area contributed by atoms with Crippen LogP contribution in [0.4, 0.5) is 0 Å². The topological polar surface area (TPSA) is 68.2 Å². The zero-order valence-corrected chi connectivity index (χ0v) is 12.8. The zero-order chi connectivity index (χ0) is 13.7. The molecule has 0 bridgehead atoms. The second kappa shape index (κ2) is 8.24. The van der Waals surface area contributed by atoms with E-state index in [1.807, 2.05) is 19.3 Å². The number of aromatic nitrogens is 2. The molecule has 1 saturated heterocycles. The van der Waals surface area contributed by atoms with Gasteiger partial charge in [0.2, 0.25) is 0 Å². The molecule has 6 nitrogen and oxygen atoms in total. The van der Waals surface area contributed by atoms with Gasteiger partial charge in [-0.05, 0) is 44.5 Å². The first-order chi connectivity index (χ1) is 9.20. The van der Waals surface area contributed by atoms with Crippen LogP contribution in [-0.2, 0) is 16.6 Å². The lowest BCUT2D eigenvalue weighted by Gasteiger charge is -2.24. The third-order valence-electron chi connectivity index (χ3n) is 3.54. The highest BCUT2D eigenvalue weighted by Crippen LogP contribution is 2.15. The van der Waals surface area contributed by atoms with E-state index in [9.17, 15) is 4.79 Å². The molecule has 114 valence electrons. The molecule has 1 unspecified atom stereocenters. The van der Waals surface area contributed by atoms with Gasteiger partial charge < -0.3 is 10.1 Å². The maximum absolute atomic E-state index is 11.8. The largest absolute Gasteiger partial charge is 0.468 e. The minimum absolute atomic E-state index is 0. The number of nitrogens with one attached hydrogen (secondary N) is 2. The molecular formula is C13H23ClN4O2. The van der Waals surface area contributed by atoms with Gasteiger partial charge in [0, 0.05) is 13.2 Å². The summed E-state index contributed by atoms with van der Waals surface area (Å²) in [5.41, 5.74) is 0.711. The van der Waals surface area contributed by atoms with E-state index in [0.717, 1.165) is 32.5 Å². The lowest BCUT2D eigenvalue weighted by Crippen LogP contribution is -2.37. The minimum atomic E-state index is -0.471. The molecule has 20 heavy (non-hydrogen) atoms. The number of hydrogen-bond donors (Lipinski definition) is 2. The van der Waals surface area contributed by atoms with E-state index in [0.29, 0.717) is 11.6 Å². The van der Waals surface area contributed by atoms with Gasteiger partial charge in [-0.2, -0.15) is 5.10 Å². The number of aryl methyl sites for hydroxylation is 1. The van der Waals surface area contributed by atoms with E-state index in [1.54, 1.807) is 4.68 Å². The van der Waals surface area contributed by atoms with Gasteiger partial charge in [0.25, 0.3) is 0 Å². The number of hydrogen-bond acceptors (Lipinski definition) is 5. The van der Waals surface area contributed by atoms with Crippen LogP contribution in [0.3, 0.4) is 0 Å². The molecule has 7 heteroatoms. The molecule has 0 radical (unpaired) electrons. The molecule has 0 saturated carbocycles. The predicted octanol–water partition coefficient (Wildman–Crippen LogP) is 0.645. The zero-order valence-electron chi connectivity index (χ0n) is 12.0. The number of halogens is 1. The van der Waals surface area contributed by atoms with Crippen molar-refractivity contribution in [3.63, 3.8) is 0 Å². The SMILES string of the molecule is COC(=O)C(NCC1CCNCC1)c1ccn(C)n1.Cl. The van der Waals surface area contributed by atoms with Crippen molar-refractivity contribution in [3.8, 4) is 0 Å². The summed E-state index contributed by atoms with van der Waals surface area (Å²) in [6.45, 7) is 2.93. The normalized spacial score (nSPS) is 17.3. The molecule has 2 N–H and O–H groups in total. The third-order valence-corrected chi connectivity index (χ3v) is 3.54. The number of carbonyl (C=O) groups is 1. The summed E-state index contributed by atoms with van der Waals surface area (Å²) in [7, 11) is 3.25. The average molecular weight is 303 g/mol. The number of esters is 1. The maximum atomic E-state index is 11.8. The Labute approximate surface area is 125 Å². The third kappa shape index (κ3) is 4.47. The Morgan fingerprint density at radius 3 is 2.85 bits per heavy atom. The Kier molecular flexibility index (Phi) is 6.98. The molecule has 1 aliphatic rings. The van der Waals surface area contributed by atoms with Crippen LogP contribution in [0.2, 0.25) is 0 Å². The monoisotopic (exact) mass is 302 g/mol. The van der Waals surface area contributed by atoms with Crippen LogP contribution < -0.4 is 10.6 Å². The number of rotatable bonds is 5. The maximum Gasteiger partial charge on any atom is 0.329 e. The molecule has 1 aromatic rings. The fourth-order valence-corrected chi connectivity index (χ4v) is 2.38. The Hall–Kier alpha value is -1.11. The molecule has 0 amide bonds.